The highest BCUT2D eigenvalue weighted by Gasteiger charge is 2.05. The Morgan fingerprint density at radius 3 is 1.32 bits per heavy atom. The Morgan fingerprint density at radius 2 is 0.892 bits per heavy atom. The lowest BCUT2D eigenvalue weighted by molar-refractivity contribution is -0.119. The molecule has 0 aromatic rings. The van der Waals surface area contributed by atoms with Crippen LogP contribution in [0.2, 0.25) is 0 Å². The van der Waals surface area contributed by atoms with Crippen LogP contribution >= 0.6 is 0 Å². The molecule has 0 unspecified atom stereocenters. The van der Waals surface area contributed by atoms with Gasteiger partial charge >= 0.3 is 0 Å². The van der Waals surface area contributed by atoms with Crippen LogP contribution in [-0.2, 0) is 9.53 Å². The van der Waals surface area contributed by atoms with Crippen LogP contribution < -0.4 is 0 Å². The smallest absolute Gasteiger partial charge is 0.132 e. The fraction of sp³-hybridized carbons (Fsp3) is 0.970. The molecule has 1 N–H and O–H groups in total. The van der Waals surface area contributed by atoms with E-state index in [-0.39, 0.29) is 6.61 Å². The quantitative estimate of drug-likeness (QED) is 0.0889. The Labute approximate surface area is 232 Å². The Balaban J connectivity index is 3.47. The number of carbonyl (C=O) groups excluding carboxylic acids is 1. The predicted octanol–water partition coefficient (Wildman–Crippen LogP) is 9.27. The van der Waals surface area contributed by atoms with Gasteiger partial charge < -0.3 is 14.7 Å². The second-order valence-corrected chi connectivity index (χ2v) is 11.3. The van der Waals surface area contributed by atoms with Crippen molar-refractivity contribution in [2.24, 2.45) is 0 Å². The highest BCUT2D eigenvalue weighted by atomic mass is 16.5. The zero-order valence-electron chi connectivity index (χ0n) is 25.4. The summed E-state index contributed by atoms with van der Waals surface area (Å²) in [6, 6.07) is 0. The molecule has 0 amide bonds. The molecule has 0 spiro atoms. The van der Waals surface area contributed by atoms with E-state index in [1.807, 2.05) is 0 Å². The molecule has 0 radical (unpaired) electrons. The number of rotatable bonds is 32. The van der Waals surface area contributed by atoms with Gasteiger partial charge in [-0.2, -0.15) is 0 Å². The molecule has 0 atom stereocenters. The predicted molar refractivity (Wildman–Crippen MR) is 162 cm³/mol. The zero-order chi connectivity index (χ0) is 27.1. The number of nitrogens with zero attached hydrogens (tertiary/aromatic N) is 1. The minimum absolute atomic E-state index is 0.257. The van der Waals surface area contributed by atoms with Gasteiger partial charge in [-0.1, -0.05) is 117 Å². The maximum atomic E-state index is 12.0. The van der Waals surface area contributed by atoms with E-state index in [0.717, 1.165) is 58.5 Å². The number of carbonyl (C=O) groups is 1. The van der Waals surface area contributed by atoms with Gasteiger partial charge in [0.25, 0.3) is 0 Å². The summed E-state index contributed by atoms with van der Waals surface area (Å²) in [7, 11) is 0. The second kappa shape index (κ2) is 31.8. The molecule has 0 bridgehead atoms. The average molecular weight is 526 g/mol. The lowest BCUT2D eigenvalue weighted by atomic mass is 10.0. The van der Waals surface area contributed by atoms with Crippen molar-refractivity contribution in [2.45, 2.75) is 168 Å². The summed E-state index contributed by atoms with van der Waals surface area (Å²) >= 11 is 0. The third-order valence-corrected chi connectivity index (χ3v) is 7.56. The van der Waals surface area contributed by atoms with Gasteiger partial charge in [0.05, 0.1) is 6.61 Å². The van der Waals surface area contributed by atoms with Crippen molar-refractivity contribution in [3.63, 3.8) is 0 Å². The average Bonchev–Trinajstić information content (AvgIpc) is 2.90. The molecule has 0 rings (SSSR count). The number of unbranched alkanes of at least 4 members (excludes halogenated alkanes) is 18. The SMILES string of the molecule is CCCCCCCCCOCCCCCCN(CCO)CCCCCCCC(=O)CCCCCCCC. The van der Waals surface area contributed by atoms with E-state index >= 15 is 0 Å². The standard InChI is InChI=1S/C33H67NO3/c1-3-5-7-9-11-17-23-31-37-32-24-18-16-22-28-34(29-30-35)27-21-15-12-14-20-26-33(36)25-19-13-10-8-6-4-2/h35H,3-32H2,1-2H3. The lowest BCUT2D eigenvalue weighted by Crippen LogP contribution is -2.29. The molecule has 0 saturated carbocycles. The molecular formula is C33H67NO3. The van der Waals surface area contributed by atoms with Crippen molar-refractivity contribution in [3.05, 3.63) is 0 Å². The first-order valence-corrected chi connectivity index (χ1v) is 16.7. The highest BCUT2D eigenvalue weighted by Crippen LogP contribution is 2.12. The summed E-state index contributed by atoms with van der Waals surface area (Å²) in [5.74, 6) is 0.476. The molecule has 0 aliphatic carbocycles. The highest BCUT2D eigenvalue weighted by molar-refractivity contribution is 5.78. The van der Waals surface area contributed by atoms with Crippen molar-refractivity contribution in [2.75, 3.05) is 39.5 Å². The van der Waals surface area contributed by atoms with Crippen LogP contribution in [0.25, 0.3) is 0 Å². The Hall–Kier alpha value is -0.450. The molecule has 4 nitrogen and oxygen atoms in total. The van der Waals surface area contributed by atoms with Crippen LogP contribution in [0, 0.1) is 0 Å². The molecule has 0 heterocycles. The molecule has 0 aliphatic rings. The van der Waals surface area contributed by atoms with Gasteiger partial charge in [-0.15, -0.1) is 0 Å². The van der Waals surface area contributed by atoms with Crippen molar-refractivity contribution < 1.29 is 14.6 Å². The van der Waals surface area contributed by atoms with E-state index in [0.29, 0.717) is 5.78 Å². The molecular weight excluding hydrogens is 458 g/mol. The summed E-state index contributed by atoms with van der Waals surface area (Å²) in [6.07, 6.45) is 29.4. The molecule has 0 saturated heterocycles. The van der Waals surface area contributed by atoms with Gasteiger partial charge in [-0.05, 0) is 51.6 Å². The number of aliphatic hydroxyl groups is 1. The van der Waals surface area contributed by atoms with Crippen LogP contribution in [0.1, 0.15) is 168 Å². The number of ketones is 1. The zero-order valence-corrected chi connectivity index (χ0v) is 25.4. The summed E-state index contributed by atoms with van der Waals surface area (Å²) < 4.78 is 5.81. The van der Waals surface area contributed by atoms with Gasteiger partial charge in [0.2, 0.25) is 0 Å². The summed E-state index contributed by atoms with van der Waals surface area (Å²) in [4.78, 5) is 14.5. The van der Waals surface area contributed by atoms with Crippen LogP contribution in [-0.4, -0.2) is 55.2 Å². The summed E-state index contributed by atoms with van der Waals surface area (Å²) in [5.41, 5.74) is 0. The van der Waals surface area contributed by atoms with Gasteiger partial charge in [0, 0.05) is 32.6 Å². The normalized spacial score (nSPS) is 11.6. The van der Waals surface area contributed by atoms with Crippen LogP contribution in [0.4, 0.5) is 0 Å². The third-order valence-electron chi connectivity index (χ3n) is 7.56. The Bertz CT molecular complexity index is 443. The van der Waals surface area contributed by atoms with Crippen molar-refractivity contribution in [1.29, 1.82) is 0 Å². The van der Waals surface area contributed by atoms with Gasteiger partial charge in [0.1, 0.15) is 5.78 Å². The maximum absolute atomic E-state index is 12.0. The topological polar surface area (TPSA) is 49.8 Å². The van der Waals surface area contributed by atoms with Gasteiger partial charge in [-0.3, -0.25) is 4.79 Å². The molecule has 0 aliphatic heterocycles. The third kappa shape index (κ3) is 30.0. The number of Topliss-reactive ketones (excluding diaryl/α,β-unsaturated/α-hetero) is 1. The number of hydrogen-bond acceptors (Lipinski definition) is 4. The lowest BCUT2D eigenvalue weighted by Gasteiger charge is -2.21. The van der Waals surface area contributed by atoms with E-state index in [1.54, 1.807) is 0 Å². The Kier molecular flexibility index (Phi) is 31.4. The first-order chi connectivity index (χ1) is 18.2. The Morgan fingerprint density at radius 1 is 0.514 bits per heavy atom. The number of aliphatic hydroxyl groups excluding tert-OH is 1. The number of ether oxygens (including phenoxy) is 1. The fourth-order valence-corrected chi connectivity index (χ4v) is 5.05. The van der Waals surface area contributed by atoms with E-state index in [9.17, 15) is 9.90 Å². The maximum Gasteiger partial charge on any atom is 0.132 e. The molecule has 4 heteroatoms. The van der Waals surface area contributed by atoms with E-state index in [2.05, 4.69) is 18.7 Å². The summed E-state index contributed by atoms with van der Waals surface area (Å²) in [6.45, 7) is 9.63. The largest absolute Gasteiger partial charge is 0.395 e. The number of hydrogen-bond donors (Lipinski definition) is 1. The summed E-state index contributed by atoms with van der Waals surface area (Å²) in [5, 5.41) is 9.40. The van der Waals surface area contributed by atoms with Crippen LogP contribution in [0.3, 0.4) is 0 Å². The fourth-order valence-electron chi connectivity index (χ4n) is 5.05. The van der Waals surface area contributed by atoms with Gasteiger partial charge in [0.15, 0.2) is 0 Å². The van der Waals surface area contributed by atoms with E-state index < -0.39 is 0 Å². The van der Waals surface area contributed by atoms with E-state index in [1.165, 1.54) is 128 Å². The van der Waals surface area contributed by atoms with Crippen LogP contribution in [0.15, 0.2) is 0 Å². The molecule has 0 aromatic carbocycles. The van der Waals surface area contributed by atoms with Crippen molar-refractivity contribution in [1.82, 2.24) is 4.90 Å². The molecule has 0 aromatic heterocycles. The first-order valence-electron chi connectivity index (χ1n) is 16.7. The van der Waals surface area contributed by atoms with Crippen molar-refractivity contribution >= 4 is 5.78 Å². The van der Waals surface area contributed by atoms with E-state index in [4.69, 9.17) is 4.74 Å². The minimum Gasteiger partial charge on any atom is -0.395 e. The van der Waals surface area contributed by atoms with Crippen LogP contribution in [0.5, 0.6) is 0 Å². The van der Waals surface area contributed by atoms with Crippen molar-refractivity contribution in [3.8, 4) is 0 Å². The monoisotopic (exact) mass is 526 g/mol. The minimum atomic E-state index is 0.257. The van der Waals surface area contributed by atoms with Gasteiger partial charge in [-0.25, -0.2) is 0 Å². The molecule has 222 valence electrons. The molecule has 0 fully saturated rings. The first kappa shape index (κ1) is 36.5. The second-order valence-electron chi connectivity index (χ2n) is 11.3. The molecule has 37 heavy (non-hydrogen) atoms.